The van der Waals surface area contributed by atoms with Crippen LogP contribution in [0.4, 0.5) is 8.78 Å². The van der Waals surface area contributed by atoms with Gasteiger partial charge < -0.3 is 5.11 Å². The first kappa shape index (κ1) is 11.1. The van der Waals surface area contributed by atoms with Crippen LogP contribution in [0.2, 0.25) is 0 Å². The smallest absolute Gasteiger partial charge is 0.268 e. The molecule has 0 saturated heterocycles. The van der Waals surface area contributed by atoms with Gasteiger partial charge in [0.25, 0.3) is 6.43 Å². The van der Waals surface area contributed by atoms with Crippen LogP contribution in [0.25, 0.3) is 0 Å². The van der Waals surface area contributed by atoms with Crippen molar-refractivity contribution in [3.8, 4) is 0 Å². The quantitative estimate of drug-likeness (QED) is 0.885. The van der Waals surface area contributed by atoms with Crippen LogP contribution in [0, 0.1) is 0 Å². The maximum absolute atomic E-state index is 12.1. The molecule has 1 aromatic carbocycles. The van der Waals surface area contributed by atoms with E-state index in [0.29, 0.717) is 4.47 Å². The van der Waals surface area contributed by atoms with E-state index in [-0.39, 0.29) is 5.56 Å². The van der Waals surface area contributed by atoms with Gasteiger partial charge in [-0.05, 0) is 49.6 Å². The summed E-state index contributed by atoms with van der Waals surface area (Å²) in [6.07, 6.45) is -4.47. The summed E-state index contributed by atoms with van der Waals surface area (Å²) in [5, 5.41) is 9.03. The molecule has 0 fully saturated rings. The van der Waals surface area contributed by atoms with E-state index in [0.717, 1.165) is 4.47 Å². The van der Waals surface area contributed by atoms with Crippen LogP contribution in [-0.4, -0.2) is 11.5 Å². The summed E-state index contributed by atoms with van der Waals surface area (Å²) >= 11 is 6.36. The summed E-state index contributed by atoms with van der Waals surface area (Å²) in [5.41, 5.74) is 0.199. The second kappa shape index (κ2) is 4.48. The Morgan fingerprint density at radius 2 is 1.77 bits per heavy atom. The third-order valence-corrected chi connectivity index (χ3v) is 3.40. The zero-order valence-corrected chi connectivity index (χ0v) is 9.52. The lowest BCUT2D eigenvalue weighted by atomic mass is 10.1. The second-order valence-electron chi connectivity index (χ2n) is 2.45. The van der Waals surface area contributed by atoms with Crippen molar-refractivity contribution in [2.45, 2.75) is 12.5 Å². The Morgan fingerprint density at radius 3 is 2.23 bits per heavy atom. The van der Waals surface area contributed by atoms with Gasteiger partial charge in [-0.15, -0.1) is 0 Å². The molecule has 0 aliphatic carbocycles. The van der Waals surface area contributed by atoms with Crippen molar-refractivity contribution < 1.29 is 13.9 Å². The summed E-state index contributed by atoms with van der Waals surface area (Å²) in [4.78, 5) is 0. The van der Waals surface area contributed by atoms with Crippen molar-refractivity contribution in [3.05, 3.63) is 32.7 Å². The fourth-order valence-electron chi connectivity index (χ4n) is 0.842. The molecule has 1 nitrogen and oxygen atoms in total. The van der Waals surface area contributed by atoms with Crippen LogP contribution < -0.4 is 0 Å². The number of alkyl halides is 2. The van der Waals surface area contributed by atoms with Gasteiger partial charge in [-0.3, -0.25) is 0 Å². The molecule has 1 atom stereocenters. The van der Waals surface area contributed by atoms with E-state index in [1.807, 2.05) is 0 Å². The maximum atomic E-state index is 12.1. The average molecular weight is 316 g/mol. The topological polar surface area (TPSA) is 20.2 Å². The van der Waals surface area contributed by atoms with Crippen LogP contribution in [0.15, 0.2) is 27.1 Å². The highest BCUT2D eigenvalue weighted by atomic mass is 79.9. The summed E-state index contributed by atoms with van der Waals surface area (Å²) in [5.74, 6) is 0. The zero-order valence-electron chi connectivity index (χ0n) is 6.35. The molecule has 1 unspecified atom stereocenters. The summed E-state index contributed by atoms with van der Waals surface area (Å²) in [6.45, 7) is 0. The van der Waals surface area contributed by atoms with Gasteiger partial charge in [-0.2, -0.15) is 0 Å². The highest BCUT2D eigenvalue weighted by Gasteiger charge is 2.19. The Morgan fingerprint density at radius 1 is 1.15 bits per heavy atom. The molecule has 1 rings (SSSR count). The van der Waals surface area contributed by atoms with Gasteiger partial charge in [0.15, 0.2) is 0 Å². The molecule has 5 heteroatoms. The van der Waals surface area contributed by atoms with E-state index in [1.54, 1.807) is 6.07 Å². The van der Waals surface area contributed by atoms with Gasteiger partial charge in [0.2, 0.25) is 0 Å². The Bertz CT molecular complexity index is 304. The first-order valence-electron chi connectivity index (χ1n) is 3.43. The van der Waals surface area contributed by atoms with Crippen molar-refractivity contribution in [1.82, 2.24) is 0 Å². The second-order valence-corrected chi connectivity index (χ2v) is 4.16. The molecule has 0 aliphatic heterocycles. The lowest BCUT2D eigenvalue weighted by molar-refractivity contribution is -0.00581. The molecule has 0 bridgehead atoms. The predicted molar refractivity (Wildman–Crippen MR) is 52.8 cm³/mol. The molecule has 0 heterocycles. The summed E-state index contributed by atoms with van der Waals surface area (Å²) in [6, 6.07) is 4.51. The molecule has 0 saturated carbocycles. The molecule has 1 aromatic rings. The van der Waals surface area contributed by atoms with Gasteiger partial charge in [0, 0.05) is 8.95 Å². The molecule has 0 aromatic heterocycles. The molecule has 13 heavy (non-hydrogen) atoms. The van der Waals surface area contributed by atoms with Gasteiger partial charge in [0.1, 0.15) is 6.10 Å². The van der Waals surface area contributed by atoms with Crippen LogP contribution >= 0.6 is 31.9 Å². The minimum Gasteiger partial charge on any atom is -0.382 e. The molecule has 72 valence electrons. The van der Waals surface area contributed by atoms with E-state index < -0.39 is 12.5 Å². The number of rotatable bonds is 2. The van der Waals surface area contributed by atoms with Crippen molar-refractivity contribution in [2.75, 3.05) is 0 Å². The van der Waals surface area contributed by atoms with Gasteiger partial charge in [-0.25, -0.2) is 8.78 Å². The largest absolute Gasteiger partial charge is 0.382 e. The molecular weight excluding hydrogens is 310 g/mol. The third kappa shape index (κ3) is 2.72. The lowest BCUT2D eigenvalue weighted by Gasteiger charge is -2.10. The van der Waals surface area contributed by atoms with Crippen LogP contribution in [0.1, 0.15) is 11.7 Å². The Balaban J connectivity index is 2.97. The third-order valence-electron chi connectivity index (χ3n) is 1.52. The molecular formula is C8H6Br2F2O. The normalized spacial score (nSPS) is 13.4. The van der Waals surface area contributed by atoms with Crippen molar-refractivity contribution in [3.63, 3.8) is 0 Å². The first-order chi connectivity index (χ1) is 6.02. The first-order valence-corrected chi connectivity index (χ1v) is 5.02. The highest BCUT2D eigenvalue weighted by Crippen LogP contribution is 2.28. The molecule has 0 amide bonds. The van der Waals surface area contributed by atoms with Crippen LogP contribution in [-0.2, 0) is 0 Å². The number of aliphatic hydroxyl groups excluding tert-OH is 1. The minimum atomic E-state index is -2.76. The summed E-state index contributed by atoms with van der Waals surface area (Å²) in [7, 11) is 0. The fraction of sp³-hybridized carbons (Fsp3) is 0.250. The van der Waals surface area contributed by atoms with Gasteiger partial charge in [-0.1, -0.05) is 6.07 Å². The Kier molecular flexibility index (Phi) is 3.82. The molecule has 0 radical (unpaired) electrons. The summed E-state index contributed by atoms with van der Waals surface area (Å²) < 4.78 is 25.5. The van der Waals surface area contributed by atoms with E-state index >= 15 is 0 Å². The monoisotopic (exact) mass is 314 g/mol. The Labute approximate surface area is 91.0 Å². The minimum absolute atomic E-state index is 0.199. The van der Waals surface area contributed by atoms with Crippen LogP contribution in [0.5, 0.6) is 0 Å². The van der Waals surface area contributed by atoms with Crippen LogP contribution in [0.3, 0.4) is 0 Å². The van der Waals surface area contributed by atoms with Crippen molar-refractivity contribution in [1.29, 1.82) is 0 Å². The number of hydrogen-bond acceptors (Lipinski definition) is 1. The number of aliphatic hydroxyl groups is 1. The zero-order chi connectivity index (χ0) is 10.0. The predicted octanol–water partition coefficient (Wildman–Crippen LogP) is 3.51. The van der Waals surface area contributed by atoms with E-state index in [4.69, 9.17) is 5.11 Å². The van der Waals surface area contributed by atoms with Crippen molar-refractivity contribution >= 4 is 31.9 Å². The van der Waals surface area contributed by atoms with E-state index in [9.17, 15) is 8.78 Å². The lowest BCUT2D eigenvalue weighted by Crippen LogP contribution is -2.07. The van der Waals surface area contributed by atoms with Gasteiger partial charge in [0.05, 0.1) is 0 Å². The van der Waals surface area contributed by atoms with Gasteiger partial charge >= 0.3 is 0 Å². The van der Waals surface area contributed by atoms with Crippen molar-refractivity contribution in [2.24, 2.45) is 0 Å². The number of benzene rings is 1. The number of halogens is 4. The van der Waals surface area contributed by atoms with E-state index in [1.165, 1.54) is 12.1 Å². The highest BCUT2D eigenvalue weighted by molar-refractivity contribution is 9.13. The molecule has 1 N–H and O–H groups in total. The van der Waals surface area contributed by atoms with E-state index in [2.05, 4.69) is 31.9 Å². The molecule has 0 spiro atoms. The Hall–Kier alpha value is -0.000000000000000111. The SMILES string of the molecule is OC(c1ccc(Br)c(Br)c1)C(F)F. The average Bonchev–Trinajstić information content (AvgIpc) is 2.08. The fourth-order valence-corrected chi connectivity index (χ4v) is 1.48. The molecule has 0 aliphatic rings. The maximum Gasteiger partial charge on any atom is 0.268 e. The number of hydrogen-bond donors (Lipinski definition) is 1. The standard InChI is InChI=1S/C8H6Br2F2O/c9-5-2-1-4(3-6(5)10)7(13)8(11)12/h1-3,7-8,13H.